The average molecular weight is 279 g/mol. The highest BCUT2D eigenvalue weighted by Crippen LogP contribution is 2.25. The maximum atomic E-state index is 12.1. The first-order valence-electron chi connectivity index (χ1n) is 7.94. The number of rotatable bonds is 3. The third-order valence-corrected chi connectivity index (χ3v) is 5.19. The Bertz CT molecular complexity index is 387. The number of nitrogens with zero attached hydrogens (tertiary/aromatic N) is 2. The lowest BCUT2D eigenvalue weighted by atomic mass is 9.90. The van der Waals surface area contributed by atoms with E-state index in [4.69, 9.17) is 0 Å². The fraction of sp³-hybridized carbons (Fsp3) is 0.867. The average Bonchev–Trinajstić information content (AvgIpc) is 2.74. The van der Waals surface area contributed by atoms with Gasteiger partial charge in [-0.2, -0.15) is 0 Å². The van der Waals surface area contributed by atoms with Crippen LogP contribution in [0.2, 0.25) is 0 Å². The Morgan fingerprint density at radius 3 is 2.30 bits per heavy atom. The molecule has 2 heterocycles. The summed E-state index contributed by atoms with van der Waals surface area (Å²) in [6, 6.07) is 0.501. The van der Waals surface area contributed by atoms with Gasteiger partial charge in [-0.25, -0.2) is 0 Å². The van der Waals surface area contributed by atoms with Gasteiger partial charge in [0.1, 0.15) is 0 Å². The van der Waals surface area contributed by atoms with Crippen molar-refractivity contribution >= 4 is 11.8 Å². The van der Waals surface area contributed by atoms with Crippen molar-refractivity contribution in [3.63, 3.8) is 0 Å². The van der Waals surface area contributed by atoms with Gasteiger partial charge in [-0.3, -0.25) is 14.5 Å². The highest BCUT2D eigenvalue weighted by molar-refractivity contribution is 5.84. The van der Waals surface area contributed by atoms with Crippen molar-refractivity contribution < 1.29 is 9.59 Å². The molecule has 2 aliphatic heterocycles. The molecule has 1 aliphatic carbocycles. The van der Waals surface area contributed by atoms with Gasteiger partial charge < -0.3 is 10.2 Å². The zero-order valence-electron chi connectivity index (χ0n) is 12.3. The van der Waals surface area contributed by atoms with Crippen LogP contribution >= 0.6 is 0 Å². The van der Waals surface area contributed by atoms with E-state index >= 15 is 0 Å². The molecule has 112 valence electrons. The SMILES string of the molecule is CN1CCC(N2CCC(C(=O)NC3CCC3)CC2)C1=O. The lowest BCUT2D eigenvalue weighted by molar-refractivity contribution is -0.132. The Hall–Kier alpha value is -1.10. The third kappa shape index (κ3) is 2.68. The maximum Gasteiger partial charge on any atom is 0.239 e. The standard InChI is InChI=1S/C15H25N3O2/c1-17-8-7-13(15(17)20)18-9-5-11(6-10-18)14(19)16-12-3-2-4-12/h11-13H,2-10H2,1H3,(H,16,19). The van der Waals surface area contributed by atoms with Crippen molar-refractivity contribution in [3.05, 3.63) is 0 Å². The number of hydrogen-bond acceptors (Lipinski definition) is 3. The fourth-order valence-corrected chi connectivity index (χ4v) is 3.49. The predicted molar refractivity (Wildman–Crippen MR) is 76.1 cm³/mol. The van der Waals surface area contributed by atoms with Gasteiger partial charge >= 0.3 is 0 Å². The van der Waals surface area contributed by atoms with Gasteiger partial charge in [0.15, 0.2) is 0 Å². The zero-order valence-corrected chi connectivity index (χ0v) is 12.3. The van der Waals surface area contributed by atoms with Gasteiger partial charge in [-0.05, 0) is 51.6 Å². The Kier molecular flexibility index (Phi) is 3.96. The van der Waals surface area contributed by atoms with E-state index in [-0.39, 0.29) is 23.8 Å². The molecule has 3 fully saturated rings. The smallest absolute Gasteiger partial charge is 0.239 e. The van der Waals surface area contributed by atoms with Crippen LogP contribution in [-0.4, -0.2) is 60.4 Å². The Morgan fingerprint density at radius 2 is 1.80 bits per heavy atom. The molecule has 5 nitrogen and oxygen atoms in total. The maximum absolute atomic E-state index is 12.1. The fourth-order valence-electron chi connectivity index (χ4n) is 3.49. The first-order chi connectivity index (χ1) is 9.65. The van der Waals surface area contributed by atoms with E-state index in [2.05, 4.69) is 10.2 Å². The minimum absolute atomic E-state index is 0.0654. The second-order valence-corrected chi connectivity index (χ2v) is 6.51. The first kappa shape index (κ1) is 13.9. The van der Waals surface area contributed by atoms with Crippen LogP contribution < -0.4 is 5.32 Å². The molecule has 0 aromatic carbocycles. The largest absolute Gasteiger partial charge is 0.353 e. The number of hydrogen-bond donors (Lipinski definition) is 1. The quantitative estimate of drug-likeness (QED) is 0.823. The van der Waals surface area contributed by atoms with Crippen LogP contribution in [0.1, 0.15) is 38.5 Å². The van der Waals surface area contributed by atoms with Gasteiger partial charge in [0.2, 0.25) is 11.8 Å². The molecule has 20 heavy (non-hydrogen) atoms. The van der Waals surface area contributed by atoms with E-state index in [0.29, 0.717) is 6.04 Å². The van der Waals surface area contributed by atoms with Crippen LogP contribution in [0.25, 0.3) is 0 Å². The topological polar surface area (TPSA) is 52.6 Å². The summed E-state index contributed by atoms with van der Waals surface area (Å²) in [5, 5.41) is 3.15. The van der Waals surface area contributed by atoms with Crippen molar-refractivity contribution in [3.8, 4) is 0 Å². The normalized spacial score (nSPS) is 29.6. The summed E-state index contributed by atoms with van der Waals surface area (Å²) < 4.78 is 0. The molecule has 2 amide bonds. The lowest BCUT2D eigenvalue weighted by Gasteiger charge is -2.35. The van der Waals surface area contributed by atoms with E-state index in [1.165, 1.54) is 6.42 Å². The molecule has 0 spiro atoms. The van der Waals surface area contributed by atoms with Crippen LogP contribution in [0.15, 0.2) is 0 Å². The van der Waals surface area contributed by atoms with Crippen LogP contribution in [0.4, 0.5) is 0 Å². The summed E-state index contributed by atoms with van der Waals surface area (Å²) in [5.74, 6) is 0.646. The number of carbonyl (C=O) groups is 2. The van der Waals surface area contributed by atoms with E-state index < -0.39 is 0 Å². The molecule has 2 saturated heterocycles. The Balaban J connectivity index is 1.46. The number of likely N-dealkylation sites (tertiary alicyclic amines) is 2. The molecule has 3 rings (SSSR count). The highest BCUT2D eigenvalue weighted by atomic mass is 16.2. The molecule has 1 unspecified atom stereocenters. The summed E-state index contributed by atoms with van der Waals surface area (Å²) in [6.07, 6.45) is 6.27. The van der Waals surface area contributed by atoms with Crippen LogP contribution in [0.3, 0.4) is 0 Å². The Morgan fingerprint density at radius 1 is 1.10 bits per heavy atom. The molecule has 1 saturated carbocycles. The number of likely N-dealkylation sites (N-methyl/N-ethyl adjacent to an activating group) is 1. The third-order valence-electron chi connectivity index (χ3n) is 5.19. The second kappa shape index (κ2) is 5.72. The van der Waals surface area contributed by atoms with Crippen molar-refractivity contribution in [2.24, 2.45) is 5.92 Å². The van der Waals surface area contributed by atoms with Crippen molar-refractivity contribution in [2.75, 3.05) is 26.7 Å². The van der Waals surface area contributed by atoms with Crippen molar-refractivity contribution in [1.29, 1.82) is 0 Å². The lowest BCUT2D eigenvalue weighted by Crippen LogP contribution is -2.49. The summed E-state index contributed by atoms with van der Waals surface area (Å²) >= 11 is 0. The minimum atomic E-state index is 0.0654. The molecule has 0 aromatic heterocycles. The monoisotopic (exact) mass is 279 g/mol. The number of carbonyl (C=O) groups excluding carboxylic acids is 2. The molecule has 0 radical (unpaired) electrons. The molecular formula is C15H25N3O2. The van der Waals surface area contributed by atoms with E-state index in [1.54, 1.807) is 0 Å². The van der Waals surface area contributed by atoms with Crippen LogP contribution in [0, 0.1) is 5.92 Å². The van der Waals surface area contributed by atoms with Gasteiger partial charge in [0.25, 0.3) is 0 Å². The summed E-state index contributed by atoms with van der Waals surface area (Å²) in [4.78, 5) is 28.3. The van der Waals surface area contributed by atoms with Gasteiger partial charge in [-0.15, -0.1) is 0 Å². The molecule has 1 atom stereocenters. The summed E-state index contributed by atoms with van der Waals surface area (Å²) in [6.45, 7) is 2.63. The Labute approximate surface area is 120 Å². The molecular weight excluding hydrogens is 254 g/mol. The van der Waals surface area contributed by atoms with Crippen LogP contribution in [-0.2, 0) is 9.59 Å². The van der Waals surface area contributed by atoms with Gasteiger partial charge in [0, 0.05) is 25.6 Å². The second-order valence-electron chi connectivity index (χ2n) is 6.51. The summed E-state index contributed by atoms with van der Waals surface area (Å²) in [7, 11) is 1.88. The molecule has 3 aliphatic rings. The number of nitrogens with one attached hydrogen (secondary N) is 1. The summed E-state index contributed by atoms with van der Waals surface area (Å²) in [5.41, 5.74) is 0. The molecule has 0 aromatic rings. The predicted octanol–water partition coefficient (Wildman–Crippen LogP) is 0.598. The van der Waals surface area contributed by atoms with Crippen LogP contribution in [0.5, 0.6) is 0 Å². The number of piperidine rings is 1. The van der Waals surface area contributed by atoms with Gasteiger partial charge in [0.05, 0.1) is 6.04 Å². The van der Waals surface area contributed by atoms with E-state index in [9.17, 15) is 9.59 Å². The van der Waals surface area contributed by atoms with E-state index in [0.717, 1.165) is 51.7 Å². The van der Waals surface area contributed by atoms with Crippen molar-refractivity contribution in [2.45, 2.75) is 50.6 Å². The minimum Gasteiger partial charge on any atom is -0.353 e. The van der Waals surface area contributed by atoms with E-state index in [1.807, 2.05) is 11.9 Å². The number of amides is 2. The molecule has 1 N–H and O–H groups in total. The molecule has 0 bridgehead atoms. The zero-order chi connectivity index (χ0) is 14.1. The van der Waals surface area contributed by atoms with Gasteiger partial charge in [-0.1, -0.05) is 0 Å². The first-order valence-corrected chi connectivity index (χ1v) is 7.94. The molecule has 5 heteroatoms. The highest BCUT2D eigenvalue weighted by Gasteiger charge is 2.37. The van der Waals surface area contributed by atoms with Crippen molar-refractivity contribution in [1.82, 2.24) is 15.1 Å².